The minimum absolute atomic E-state index is 0. The fourth-order valence-corrected chi connectivity index (χ4v) is 2.61. The van der Waals surface area contributed by atoms with Crippen LogP contribution in [0.1, 0.15) is 12.0 Å². The summed E-state index contributed by atoms with van der Waals surface area (Å²) in [5.41, 5.74) is 1.09. The molecule has 2 N–H and O–H groups in total. The minimum Gasteiger partial charge on any atom is -0.497 e. The molecule has 0 fully saturated rings. The van der Waals surface area contributed by atoms with Crippen LogP contribution < -0.4 is 15.4 Å². The van der Waals surface area contributed by atoms with Gasteiger partial charge in [-0.3, -0.25) is 4.99 Å². The number of likely N-dealkylation sites (N-methyl/N-ethyl adjacent to an activating group) is 1. The Bertz CT molecular complexity index is 532. The standard InChI is InChI=1S/C18H31ClN4O2.HI/c1-20-18(22-10-12-23(2)11-5-13-24-3)21-9-8-15-6-7-16(25-4)14-17(15)19;/h6-7,14H,5,8-13H2,1-4H3,(H2,20,21,22);1H. The Balaban J connectivity index is 0.00000625. The average molecular weight is 499 g/mol. The molecule has 8 heteroatoms. The van der Waals surface area contributed by atoms with Gasteiger partial charge in [0, 0.05) is 52.0 Å². The molecule has 0 bridgehead atoms. The highest BCUT2D eigenvalue weighted by molar-refractivity contribution is 14.0. The zero-order chi connectivity index (χ0) is 18.5. The first kappa shape index (κ1) is 25.2. The number of ether oxygens (including phenoxy) is 2. The fourth-order valence-electron chi connectivity index (χ4n) is 2.35. The summed E-state index contributed by atoms with van der Waals surface area (Å²) in [6, 6.07) is 5.76. The molecule has 0 aliphatic rings. The fraction of sp³-hybridized carbons (Fsp3) is 0.611. The predicted octanol–water partition coefficient (Wildman–Crippen LogP) is 2.64. The van der Waals surface area contributed by atoms with Crippen molar-refractivity contribution in [3.8, 4) is 5.75 Å². The van der Waals surface area contributed by atoms with Gasteiger partial charge in [-0.1, -0.05) is 17.7 Å². The SMILES string of the molecule is CN=C(NCCc1ccc(OC)cc1Cl)NCCN(C)CCCOC.I. The van der Waals surface area contributed by atoms with Crippen molar-refractivity contribution in [1.29, 1.82) is 0 Å². The molecule has 6 nitrogen and oxygen atoms in total. The van der Waals surface area contributed by atoms with Crippen LogP contribution in [0.25, 0.3) is 0 Å². The van der Waals surface area contributed by atoms with Crippen molar-refractivity contribution < 1.29 is 9.47 Å². The van der Waals surface area contributed by atoms with E-state index >= 15 is 0 Å². The number of benzene rings is 1. The van der Waals surface area contributed by atoms with Gasteiger partial charge in [-0.25, -0.2) is 0 Å². The van der Waals surface area contributed by atoms with Crippen LogP contribution in [0.3, 0.4) is 0 Å². The van der Waals surface area contributed by atoms with Crippen molar-refractivity contribution in [3.05, 3.63) is 28.8 Å². The maximum atomic E-state index is 6.26. The molecule has 0 saturated heterocycles. The van der Waals surface area contributed by atoms with Crippen molar-refractivity contribution in [3.63, 3.8) is 0 Å². The summed E-state index contributed by atoms with van der Waals surface area (Å²) >= 11 is 6.26. The first-order chi connectivity index (χ1) is 12.1. The third-order valence-corrected chi connectivity index (χ3v) is 4.20. The Hall–Kier alpha value is -0.770. The normalized spacial score (nSPS) is 11.2. The van der Waals surface area contributed by atoms with Gasteiger partial charge in [0.2, 0.25) is 0 Å². The Morgan fingerprint density at radius 1 is 1.19 bits per heavy atom. The van der Waals surface area contributed by atoms with E-state index in [-0.39, 0.29) is 24.0 Å². The summed E-state index contributed by atoms with van der Waals surface area (Å²) < 4.78 is 10.2. The lowest BCUT2D eigenvalue weighted by atomic mass is 10.1. The molecule has 26 heavy (non-hydrogen) atoms. The molecule has 1 rings (SSSR count). The topological polar surface area (TPSA) is 58.1 Å². The second-order valence-corrected chi connectivity index (χ2v) is 6.19. The third-order valence-electron chi connectivity index (χ3n) is 3.84. The second-order valence-electron chi connectivity index (χ2n) is 5.78. The molecule has 0 heterocycles. The third kappa shape index (κ3) is 10.4. The Kier molecular flexibility index (Phi) is 14.9. The summed E-state index contributed by atoms with van der Waals surface area (Å²) in [7, 11) is 7.26. The molecule has 150 valence electrons. The first-order valence-electron chi connectivity index (χ1n) is 8.55. The van der Waals surface area contributed by atoms with Crippen LogP contribution >= 0.6 is 35.6 Å². The van der Waals surface area contributed by atoms with E-state index in [1.807, 2.05) is 18.2 Å². The molecule has 0 radical (unpaired) electrons. The number of nitrogens with zero attached hydrogens (tertiary/aromatic N) is 2. The zero-order valence-corrected chi connectivity index (χ0v) is 19.3. The van der Waals surface area contributed by atoms with Gasteiger partial charge in [-0.15, -0.1) is 24.0 Å². The van der Waals surface area contributed by atoms with Crippen LogP contribution in [0, 0.1) is 0 Å². The summed E-state index contributed by atoms with van der Waals surface area (Å²) in [6.07, 6.45) is 1.86. The zero-order valence-electron chi connectivity index (χ0n) is 16.2. The van der Waals surface area contributed by atoms with E-state index in [9.17, 15) is 0 Å². The van der Waals surface area contributed by atoms with E-state index in [1.165, 1.54) is 0 Å². The molecule has 0 unspecified atom stereocenters. The number of nitrogens with one attached hydrogen (secondary N) is 2. The minimum atomic E-state index is 0. The molecule has 0 aromatic heterocycles. The number of hydrogen-bond acceptors (Lipinski definition) is 4. The number of rotatable bonds is 11. The van der Waals surface area contributed by atoms with Gasteiger partial charge in [-0.05, 0) is 37.6 Å². The smallest absolute Gasteiger partial charge is 0.191 e. The van der Waals surface area contributed by atoms with Gasteiger partial charge in [0.05, 0.1) is 7.11 Å². The average Bonchev–Trinajstić information content (AvgIpc) is 2.61. The molecule has 0 aliphatic carbocycles. The highest BCUT2D eigenvalue weighted by atomic mass is 127. The van der Waals surface area contributed by atoms with Crippen LogP contribution in [-0.4, -0.2) is 72.0 Å². The highest BCUT2D eigenvalue weighted by Crippen LogP contribution is 2.22. The van der Waals surface area contributed by atoms with E-state index in [4.69, 9.17) is 21.1 Å². The molecule has 0 amide bonds. The molecule has 0 spiro atoms. The number of hydrogen-bond donors (Lipinski definition) is 2. The summed E-state index contributed by atoms with van der Waals surface area (Å²) in [5.74, 6) is 1.57. The van der Waals surface area contributed by atoms with Gasteiger partial charge in [-0.2, -0.15) is 0 Å². The van der Waals surface area contributed by atoms with Crippen LogP contribution in [0.15, 0.2) is 23.2 Å². The number of methoxy groups -OCH3 is 2. The predicted molar refractivity (Wildman–Crippen MR) is 120 cm³/mol. The lowest BCUT2D eigenvalue weighted by Crippen LogP contribution is -2.41. The summed E-state index contributed by atoms with van der Waals surface area (Å²) in [5, 5.41) is 7.36. The lowest BCUT2D eigenvalue weighted by molar-refractivity contribution is 0.180. The number of halogens is 2. The molecule has 1 aromatic rings. The van der Waals surface area contributed by atoms with E-state index in [1.54, 1.807) is 21.3 Å². The van der Waals surface area contributed by atoms with Crippen molar-refractivity contribution >= 4 is 41.5 Å². The number of aliphatic imine (C=N–C) groups is 1. The van der Waals surface area contributed by atoms with Crippen LogP contribution in [-0.2, 0) is 11.2 Å². The van der Waals surface area contributed by atoms with E-state index in [2.05, 4.69) is 27.6 Å². The lowest BCUT2D eigenvalue weighted by Gasteiger charge is -2.18. The Morgan fingerprint density at radius 3 is 2.54 bits per heavy atom. The van der Waals surface area contributed by atoms with Crippen molar-refractivity contribution in [2.24, 2.45) is 4.99 Å². The van der Waals surface area contributed by atoms with Crippen LogP contribution in [0.4, 0.5) is 0 Å². The van der Waals surface area contributed by atoms with Gasteiger partial charge < -0.3 is 25.0 Å². The molecular formula is C18H32ClIN4O2. The molecular weight excluding hydrogens is 467 g/mol. The van der Waals surface area contributed by atoms with Gasteiger partial charge in [0.15, 0.2) is 5.96 Å². The molecule has 0 saturated carbocycles. The Labute approximate surface area is 179 Å². The maximum absolute atomic E-state index is 6.26. The van der Waals surface area contributed by atoms with Crippen LogP contribution in [0.2, 0.25) is 5.02 Å². The van der Waals surface area contributed by atoms with Gasteiger partial charge in [0.25, 0.3) is 0 Å². The van der Waals surface area contributed by atoms with Crippen molar-refractivity contribution in [1.82, 2.24) is 15.5 Å². The quantitative estimate of drug-likeness (QED) is 0.213. The largest absolute Gasteiger partial charge is 0.497 e. The first-order valence-corrected chi connectivity index (χ1v) is 8.93. The second kappa shape index (κ2) is 15.3. The van der Waals surface area contributed by atoms with Gasteiger partial charge in [0.1, 0.15) is 5.75 Å². The molecule has 1 aromatic carbocycles. The Morgan fingerprint density at radius 2 is 1.92 bits per heavy atom. The maximum Gasteiger partial charge on any atom is 0.191 e. The van der Waals surface area contributed by atoms with Gasteiger partial charge >= 0.3 is 0 Å². The van der Waals surface area contributed by atoms with E-state index in [0.29, 0.717) is 0 Å². The van der Waals surface area contributed by atoms with E-state index in [0.717, 1.165) is 67.9 Å². The van der Waals surface area contributed by atoms with Crippen molar-refractivity contribution in [2.45, 2.75) is 12.8 Å². The summed E-state index contributed by atoms with van der Waals surface area (Å²) in [4.78, 5) is 6.52. The summed E-state index contributed by atoms with van der Waals surface area (Å²) in [6.45, 7) is 4.38. The molecule has 0 atom stereocenters. The number of guanidine groups is 1. The van der Waals surface area contributed by atoms with Crippen molar-refractivity contribution in [2.75, 3.05) is 61.1 Å². The highest BCUT2D eigenvalue weighted by Gasteiger charge is 2.04. The monoisotopic (exact) mass is 498 g/mol. The molecule has 0 aliphatic heterocycles. The van der Waals surface area contributed by atoms with E-state index < -0.39 is 0 Å². The van der Waals surface area contributed by atoms with Crippen LogP contribution in [0.5, 0.6) is 5.75 Å².